The summed E-state index contributed by atoms with van der Waals surface area (Å²) in [6.07, 6.45) is -4.43. The molecule has 1 aromatic carbocycles. The number of benzene rings is 1. The van der Waals surface area contributed by atoms with Crippen molar-refractivity contribution in [2.75, 3.05) is 6.61 Å². The van der Waals surface area contributed by atoms with Gasteiger partial charge in [0.15, 0.2) is 0 Å². The second-order valence-electron chi connectivity index (χ2n) is 4.32. The van der Waals surface area contributed by atoms with Crippen molar-refractivity contribution in [3.8, 4) is 10.6 Å². The molecule has 8 heteroatoms. The van der Waals surface area contributed by atoms with Crippen LogP contribution in [0.15, 0.2) is 23.6 Å². The summed E-state index contributed by atoms with van der Waals surface area (Å²) in [7, 11) is 0. The number of halogens is 4. The maximum atomic E-state index is 12.6. The van der Waals surface area contributed by atoms with E-state index in [1.54, 1.807) is 12.3 Å². The zero-order valence-electron chi connectivity index (χ0n) is 11.4. The van der Waals surface area contributed by atoms with E-state index < -0.39 is 17.7 Å². The Kier molecular flexibility index (Phi) is 5.08. The minimum absolute atomic E-state index is 0.0165. The first-order chi connectivity index (χ1) is 10.3. The maximum Gasteiger partial charge on any atom is 0.416 e. The van der Waals surface area contributed by atoms with Crippen LogP contribution in [-0.4, -0.2) is 17.6 Å². The second-order valence-corrected chi connectivity index (χ2v) is 5.58. The molecular weight excluding hydrogens is 339 g/mol. The molecule has 2 rings (SSSR count). The molecule has 0 saturated carbocycles. The Labute approximate surface area is 133 Å². The van der Waals surface area contributed by atoms with Crippen molar-refractivity contribution in [2.24, 2.45) is 0 Å². The Morgan fingerprint density at radius 2 is 2.14 bits per heavy atom. The van der Waals surface area contributed by atoms with Gasteiger partial charge in [-0.05, 0) is 25.1 Å². The fraction of sp³-hybridized carbons (Fsp3) is 0.286. The minimum Gasteiger partial charge on any atom is -0.466 e. The van der Waals surface area contributed by atoms with Gasteiger partial charge in [-0.1, -0.05) is 11.6 Å². The zero-order valence-corrected chi connectivity index (χ0v) is 13.0. The van der Waals surface area contributed by atoms with Gasteiger partial charge in [-0.3, -0.25) is 4.79 Å². The van der Waals surface area contributed by atoms with E-state index in [2.05, 4.69) is 4.98 Å². The summed E-state index contributed by atoms with van der Waals surface area (Å²) in [6.45, 7) is 1.98. The summed E-state index contributed by atoms with van der Waals surface area (Å²) in [6, 6.07) is 3.09. The molecule has 1 aromatic heterocycles. The van der Waals surface area contributed by atoms with E-state index >= 15 is 0 Å². The summed E-state index contributed by atoms with van der Waals surface area (Å²) >= 11 is 7.12. The van der Waals surface area contributed by atoms with Gasteiger partial charge in [-0.2, -0.15) is 13.2 Å². The van der Waals surface area contributed by atoms with Crippen molar-refractivity contribution in [1.82, 2.24) is 4.98 Å². The van der Waals surface area contributed by atoms with Gasteiger partial charge in [0.05, 0.1) is 29.3 Å². The van der Waals surface area contributed by atoms with Crippen LogP contribution in [0.3, 0.4) is 0 Å². The Morgan fingerprint density at radius 1 is 1.41 bits per heavy atom. The molecule has 0 unspecified atom stereocenters. The molecule has 0 saturated heterocycles. The Balaban J connectivity index is 2.22. The molecule has 118 valence electrons. The van der Waals surface area contributed by atoms with E-state index in [4.69, 9.17) is 16.3 Å². The molecule has 0 N–H and O–H groups in total. The van der Waals surface area contributed by atoms with E-state index in [0.29, 0.717) is 16.3 Å². The number of ether oxygens (including phenoxy) is 1. The molecule has 1 heterocycles. The highest BCUT2D eigenvalue weighted by molar-refractivity contribution is 7.13. The van der Waals surface area contributed by atoms with Crippen LogP contribution < -0.4 is 0 Å². The quantitative estimate of drug-likeness (QED) is 0.758. The average molecular weight is 350 g/mol. The van der Waals surface area contributed by atoms with Crippen LogP contribution in [0.25, 0.3) is 10.6 Å². The lowest BCUT2D eigenvalue weighted by Crippen LogP contribution is -2.07. The molecule has 0 fully saturated rings. The van der Waals surface area contributed by atoms with E-state index in [9.17, 15) is 18.0 Å². The summed E-state index contributed by atoms with van der Waals surface area (Å²) in [5.74, 6) is -0.405. The van der Waals surface area contributed by atoms with Crippen LogP contribution in [0.5, 0.6) is 0 Å². The highest BCUT2D eigenvalue weighted by atomic mass is 35.5. The lowest BCUT2D eigenvalue weighted by molar-refractivity contribution is -0.142. The van der Waals surface area contributed by atoms with Gasteiger partial charge in [0.1, 0.15) is 5.01 Å². The van der Waals surface area contributed by atoms with Crippen LogP contribution in [0.1, 0.15) is 18.2 Å². The van der Waals surface area contributed by atoms with Gasteiger partial charge in [-0.15, -0.1) is 11.3 Å². The van der Waals surface area contributed by atoms with Gasteiger partial charge in [0.25, 0.3) is 0 Å². The Hall–Kier alpha value is -1.60. The van der Waals surface area contributed by atoms with Crippen LogP contribution in [0.2, 0.25) is 5.02 Å². The summed E-state index contributed by atoms with van der Waals surface area (Å²) < 4.78 is 42.6. The number of aromatic nitrogens is 1. The number of rotatable bonds is 4. The fourth-order valence-electron chi connectivity index (χ4n) is 1.74. The largest absolute Gasteiger partial charge is 0.466 e. The number of carbonyl (C=O) groups is 1. The van der Waals surface area contributed by atoms with E-state index in [0.717, 1.165) is 12.1 Å². The maximum absolute atomic E-state index is 12.6. The third-order valence-corrected chi connectivity index (χ3v) is 3.95. The smallest absolute Gasteiger partial charge is 0.416 e. The number of esters is 1. The summed E-state index contributed by atoms with van der Waals surface area (Å²) in [5, 5.41) is 2.07. The van der Waals surface area contributed by atoms with Gasteiger partial charge < -0.3 is 4.74 Å². The lowest BCUT2D eigenvalue weighted by Gasteiger charge is -2.08. The molecule has 0 radical (unpaired) electrons. The molecule has 0 amide bonds. The topological polar surface area (TPSA) is 39.2 Å². The highest BCUT2D eigenvalue weighted by Gasteiger charge is 2.31. The summed E-state index contributed by atoms with van der Waals surface area (Å²) in [4.78, 5) is 15.6. The molecule has 22 heavy (non-hydrogen) atoms. The molecule has 0 bridgehead atoms. The normalized spacial score (nSPS) is 11.5. The first-order valence-electron chi connectivity index (χ1n) is 6.28. The molecule has 0 aliphatic rings. The Morgan fingerprint density at radius 3 is 2.73 bits per heavy atom. The number of nitrogens with zero attached hydrogens (tertiary/aromatic N) is 1. The minimum atomic E-state index is -4.44. The molecule has 0 atom stereocenters. The summed E-state index contributed by atoms with van der Waals surface area (Å²) in [5.41, 5.74) is 0.0775. The van der Waals surface area contributed by atoms with Gasteiger partial charge in [0.2, 0.25) is 0 Å². The third kappa shape index (κ3) is 3.98. The molecular formula is C14H11ClF3NO2S. The molecule has 2 aromatic rings. The Bertz CT molecular complexity index is 685. The van der Waals surface area contributed by atoms with E-state index in [1.807, 2.05) is 0 Å². The zero-order chi connectivity index (χ0) is 16.3. The number of carbonyl (C=O) groups excluding carboxylic acids is 1. The van der Waals surface area contributed by atoms with Crippen molar-refractivity contribution in [1.29, 1.82) is 0 Å². The van der Waals surface area contributed by atoms with Crippen LogP contribution in [0, 0.1) is 0 Å². The number of thiazole rings is 1. The molecule has 0 aliphatic carbocycles. The third-order valence-electron chi connectivity index (χ3n) is 2.71. The SMILES string of the molecule is CCOC(=O)Cc1csc(-c2ccc(C(F)(F)F)cc2Cl)n1. The standard InChI is InChI=1S/C14H11ClF3NO2S/c1-2-21-12(20)6-9-7-22-13(19-9)10-4-3-8(5-11(10)15)14(16,17)18/h3-5,7H,2,6H2,1H3. The number of hydrogen-bond donors (Lipinski definition) is 0. The molecule has 0 aliphatic heterocycles. The van der Waals surface area contributed by atoms with Crippen LogP contribution >= 0.6 is 22.9 Å². The van der Waals surface area contributed by atoms with Gasteiger partial charge >= 0.3 is 12.1 Å². The van der Waals surface area contributed by atoms with Crippen LogP contribution in [-0.2, 0) is 22.1 Å². The predicted molar refractivity (Wildman–Crippen MR) is 77.9 cm³/mol. The first kappa shape index (κ1) is 16.8. The average Bonchev–Trinajstić information content (AvgIpc) is 2.86. The van der Waals surface area contributed by atoms with E-state index in [-0.39, 0.29) is 18.1 Å². The van der Waals surface area contributed by atoms with Crippen molar-refractivity contribution >= 4 is 28.9 Å². The van der Waals surface area contributed by atoms with E-state index in [1.165, 1.54) is 17.4 Å². The van der Waals surface area contributed by atoms with Gasteiger partial charge in [0, 0.05) is 10.9 Å². The predicted octanol–water partition coefficient (Wildman–Crippen LogP) is 4.59. The van der Waals surface area contributed by atoms with Crippen molar-refractivity contribution in [2.45, 2.75) is 19.5 Å². The number of alkyl halides is 3. The monoisotopic (exact) mass is 349 g/mol. The van der Waals surface area contributed by atoms with Crippen molar-refractivity contribution in [3.63, 3.8) is 0 Å². The van der Waals surface area contributed by atoms with Crippen molar-refractivity contribution < 1.29 is 22.7 Å². The first-order valence-corrected chi connectivity index (χ1v) is 7.54. The second kappa shape index (κ2) is 6.66. The van der Waals surface area contributed by atoms with Gasteiger partial charge in [-0.25, -0.2) is 4.98 Å². The van der Waals surface area contributed by atoms with Crippen molar-refractivity contribution in [3.05, 3.63) is 39.9 Å². The highest BCUT2D eigenvalue weighted by Crippen LogP contribution is 2.36. The van der Waals surface area contributed by atoms with Crippen LogP contribution in [0.4, 0.5) is 13.2 Å². The fourth-order valence-corrected chi connectivity index (χ4v) is 2.92. The lowest BCUT2D eigenvalue weighted by atomic mass is 10.1. The molecule has 3 nitrogen and oxygen atoms in total. The number of hydrogen-bond acceptors (Lipinski definition) is 4. The molecule has 0 spiro atoms.